The smallest absolute Gasteiger partial charge is 0.303 e. The Morgan fingerprint density at radius 1 is 1.10 bits per heavy atom. The fraction of sp³-hybridized carbons (Fsp3) is 0.182. The molecule has 7 heteroatoms. The van der Waals surface area contributed by atoms with Crippen molar-refractivity contribution >= 4 is 11.6 Å². The van der Waals surface area contributed by atoms with E-state index in [2.05, 4.69) is 0 Å². The largest absolute Gasteiger partial charge is 0.417 e. The van der Waals surface area contributed by atoms with Gasteiger partial charge in [-0.1, -0.05) is 41.4 Å². The van der Waals surface area contributed by atoms with E-state index in [1.54, 1.807) is 43.3 Å². The lowest BCUT2D eigenvalue weighted by molar-refractivity contribution is -0.137. The zero-order valence-electron chi connectivity index (χ0n) is 15.6. The molecule has 1 heterocycles. The van der Waals surface area contributed by atoms with Crippen LogP contribution in [0.3, 0.4) is 0 Å². The van der Waals surface area contributed by atoms with E-state index in [0.29, 0.717) is 16.1 Å². The van der Waals surface area contributed by atoms with Crippen LogP contribution >= 0.6 is 11.6 Å². The number of alkyl halides is 3. The minimum atomic E-state index is -4.82. The van der Waals surface area contributed by atoms with Gasteiger partial charge < -0.3 is 4.57 Å². The first-order valence-electron chi connectivity index (χ1n) is 8.69. The molecular weight excluding hydrogens is 401 g/mol. The van der Waals surface area contributed by atoms with E-state index in [0.717, 1.165) is 17.2 Å². The third-order valence-corrected chi connectivity index (χ3v) is 4.90. The molecule has 0 N–H and O–H groups in total. The fourth-order valence-electron chi connectivity index (χ4n) is 3.19. The molecule has 0 fully saturated rings. The molecule has 0 aliphatic heterocycles. The number of hydrogen-bond donors (Lipinski definition) is 0. The average molecular weight is 417 g/mol. The van der Waals surface area contributed by atoms with Crippen LogP contribution in [0.15, 0.2) is 53.3 Å². The third-order valence-electron chi connectivity index (χ3n) is 4.66. The van der Waals surface area contributed by atoms with Crippen molar-refractivity contribution in [3.63, 3.8) is 0 Å². The first kappa shape index (κ1) is 20.7. The van der Waals surface area contributed by atoms with E-state index in [1.165, 1.54) is 10.6 Å². The number of benzene rings is 2. The monoisotopic (exact) mass is 416 g/mol. The Kier molecular flexibility index (Phi) is 5.54. The van der Waals surface area contributed by atoms with E-state index >= 15 is 0 Å². The molecule has 0 saturated carbocycles. The molecule has 3 aromatic rings. The van der Waals surface area contributed by atoms with Crippen LogP contribution in [0.4, 0.5) is 13.2 Å². The number of nitriles is 1. The van der Waals surface area contributed by atoms with Gasteiger partial charge in [0.25, 0.3) is 5.56 Å². The van der Waals surface area contributed by atoms with E-state index in [9.17, 15) is 23.2 Å². The summed E-state index contributed by atoms with van der Waals surface area (Å²) in [5, 5.41) is 9.79. The highest BCUT2D eigenvalue weighted by Gasteiger charge is 2.36. The zero-order chi connectivity index (χ0) is 21.3. The molecule has 0 aliphatic rings. The van der Waals surface area contributed by atoms with Gasteiger partial charge in [0.1, 0.15) is 11.6 Å². The highest BCUT2D eigenvalue weighted by Crippen LogP contribution is 2.34. The molecular formula is C22H16ClF3N2O. The molecule has 1 aromatic heterocycles. The molecule has 0 spiro atoms. The molecule has 3 nitrogen and oxygen atoms in total. The van der Waals surface area contributed by atoms with Gasteiger partial charge in [-0.2, -0.15) is 18.4 Å². The molecule has 0 radical (unpaired) electrons. The highest BCUT2D eigenvalue weighted by molar-refractivity contribution is 6.30. The van der Waals surface area contributed by atoms with Crippen molar-refractivity contribution in [3.8, 4) is 17.3 Å². The van der Waals surface area contributed by atoms with Crippen LogP contribution in [0.5, 0.6) is 0 Å². The van der Waals surface area contributed by atoms with Gasteiger partial charge in [-0.3, -0.25) is 4.79 Å². The van der Waals surface area contributed by atoms with Gasteiger partial charge in [-0.05, 0) is 54.8 Å². The lowest BCUT2D eigenvalue weighted by atomic mass is 10.0. The predicted octanol–water partition coefficient (Wildman–Crippen LogP) is 5.72. The van der Waals surface area contributed by atoms with Crippen molar-refractivity contribution in [3.05, 3.63) is 91.7 Å². The minimum Gasteiger partial charge on any atom is -0.303 e. The summed E-state index contributed by atoms with van der Waals surface area (Å²) in [6.07, 6.45) is -4.82. The molecule has 0 saturated heterocycles. The molecule has 0 unspecified atom stereocenters. The lowest BCUT2D eigenvalue weighted by Gasteiger charge is -2.19. The number of aromatic nitrogens is 1. The van der Waals surface area contributed by atoms with Gasteiger partial charge in [-0.15, -0.1) is 0 Å². The number of rotatable bonds is 3. The Balaban J connectivity index is 2.33. The van der Waals surface area contributed by atoms with Crippen molar-refractivity contribution in [2.24, 2.45) is 0 Å². The summed E-state index contributed by atoms with van der Waals surface area (Å²) in [4.78, 5) is 12.9. The van der Waals surface area contributed by atoms with Crippen LogP contribution in [0.2, 0.25) is 5.02 Å². The molecule has 0 bridgehead atoms. The van der Waals surface area contributed by atoms with Crippen LogP contribution in [0, 0.1) is 25.2 Å². The summed E-state index contributed by atoms with van der Waals surface area (Å²) in [6, 6.07) is 14.2. The molecule has 29 heavy (non-hydrogen) atoms. The normalized spacial score (nSPS) is 11.3. The number of halogens is 4. The van der Waals surface area contributed by atoms with Gasteiger partial charge in [0.2, 0.25) is 0 Å². The number of hydrogen-bond acceptors (Lipinski definition) is 2. The maximum Gasteiger partial charge on any atom is 0.417 e. The van der Waals surface area contributed by atoms with Crippen LogP contribution in [0.1, 0.15) is 27.8 Å². The fourth-order valence-corrected chi connectivity index (χ4v) is 3.41. The van der Waals surface area contributed by atoms with Gasteiger partial charge in [0.15, 0.2) is 0 Å². The van der Waals surface area contributed by atoms with Crippen molar-refractivity contribution in [1.29, 1.82) is 5.26 Å². The Morgan fingerprint density at radius 3 is 2.41 bits per heavy atom. The third kappa shape index (κ3) is 4.20. The number of nitrogens with zero attached hydrogens (tertiary/aromatic N) is 2. The zero-order valence-corrected chi connectivity index (χ0v) is 16.4. The summed E-state index contributed by atoms with van der Waals surface area (Å²) < 4.78 is 41.8. The average Bonchev–Trinajstić information content (AvgIpc) is 2.64. The van der Waals surface area contributed by atoms with Crippen molar-refractivity contribution in [1.82, 2.24) is 4.57 Å². The van der Waals surface area contributed by atoms with Gasteiger partial charge in [0.05, 0.1) is 17.8 Å². The first-order chi connectivity index (χ1) is 13.6. The molecule has 0 aliphatic carbocycles. The van der Waals surface area contributed by atoms with Crippen molar-refractivity contribution < 1.29 is 13.2 Å². The summed E-state index contributed by atoms with van der Waals surface area (Å²) in [5.41, 5.74) is -0.225. The van der Waals surface area contributed by atoms with Crippen LogP contribution in [0.25, 0.3) is 11.3 Å². The summed E-state index contributed by atoms with van der Waals surface area (Å²) in [7, 11) is 0. The first-order valence-corrected chi connectivity index (χ1v) is 9.07. The quantitative estimate of drug-likeness (QED) is 0.547. The molecule has 3 rings (SSSR count). The van der Waals surface area contributed by atoms with Gasteiger partial charge in [-0.25, -0.2) is 0 Å². The summed E-state index contributed by atoms with van der Waals surface area (Å²) in [5.74, 6) is 0. The van der Waals surface area contributed by atoms with E-state index in [4.69, 9.17) is 11.6 Å². The maximum atomic E-state index is 13.5. The van der Waals surface area contributed by atoms with E-state index < -0.39 is 22.9 Å². The lowest BCUT2D eigenvalue weighted by Crippen LogP contribution is -2.29. The van der Waals surface area contributed by atoms with Gasteiger partial charge >= 0.3 is 6.18 Å². The minimum absolute atomic E-state index is 0.0118. The predicted molar refractivity (Wildman–Crippen MR) is 106 cm³/mol. The van der Waals surface area contributed by atoms with E-state index in [1.807, 2.05) is 13.0 Å². The Morgan fingerprint density at radius 2 is 1.83 bits per heavy atom. The molecule has 0 amide bonds. The van der Waals surface area contributed by atoms with Crippen molar-refractivity contribution in [2.75, 3.05) is 0 Å². The summed E-state index contributed by atoms with van der Waals surface area (Å²) in [6.45, 7) is 3.62. The second-order valence-electron chi connectivity index (χ2n) is 6.76. The Labute approximate surface area is 170 Å². The second kappa shape index (κ2) is 7.76. The summed E-state index contributed by atoms with van der Waals surface area (Å²) >= 11 is 5.98. The Hall–Kier alpha value is -3.04. The van der Waals surface area contributed by atoms with Crippen LogP contribution in [-0.4, -0.2) is 4.57 Å². The molecule has 2 aromatic carbocycles. The second-order valence-corrected chi connectivity index (χ2v) is 7.20. The van der Waals surface area contributed by atoms with Crippen molar-refractivity contribution in [2.45, 2.75) is 26.6 Å². The van der Waals surface area contributed by atoms with Gasteiger partial charge in [0, 0.05) is 5.02 Å². The highest BCUT2D eigenvalue weighted by atomic mass is 35.5. The standard InChI is InChI=1S/C22H16ClF3N2O/c1-13-4-3-5-15(8-13)20-10-19(22(24,25)26)18(11-27)21(29)28(20)12-16-6-7-17(23)9-14(16)2/h3-10H,12H2,1-2H3. The topological polar surface area (TPSA) is 45.8 Å². The van der Waals surface area contributed by atoms with Crippen LogP contribution in [-0.2, 0) is 12.7 Å². The Bertz CT molecular complexity index is 1190. The molecule has 0 atom stereocenters. The molecule has 148 valence electrons. The number of pyridine rings is 1. The number of aryl methyl sites for hydroxylation is 2. The SMILES string of the molecule is Cc1cccc(-c2cc(C(F)(F)F)c(C#N)c(=O)n2Cc2ccc(Cl)cc2C)c1. The van der Waals surface area contributed by atoms with Crippen LogP contribution < -0.4 is 5.56 Å². The maximum absolute atomic E-state index is 13.5. The van der Waals surface area contributed by atoms with E-state index in [-0.39, 0.29) is 12.2 Å².